The van der Waals surface area contributed by atoms with Crippen LogP contribution in [0.1, 0.15) is 61.6 Å². The number of ether oxygens (including phenoxy) is 1. The van der Waals surface area contributed by atoms with Gasteiger partial charge in [0.25, 0.3) is 5.91 Å². The summed E-state index contributed by atoms with van der Waals surface area (Å²) < 4.78 is 5.99. The number of hydrogen-bond acceptors (Lipinski definition) is 7. The number of Topliss-reactive ketones (excluding diaryl/α,β-unsaturated/α-hetero) is 1. The monoisotopic (exact) mass is 634 g/mol. The van der Waals surface area contributed by atoms with Crippen LogP contribution >= 0.6 is 0 Å². The van der Waals surface area contributed by atoms with Crippen molar-refractivity contribution in [2.24, 2.45) is 0 Å². The molecule has 10 nitrogen and oxygen atoms in total. The van der Waals surface area contributed by atoms with Crippen LogP contribution in [0.5, 0.6) is 0 Å². The number of ketones is 1. The summed E-state index contributed by atoms with van der Waals surface area (Å²) in [4.78, 5) is 61.0. The summed E-state index contributed by atoms with van der Waals surface area (Å²) in [6.45, 7) is 2.03. The SMILES string of the molecule is CCC[C@H](NC(=O)[C@@H]1C[C@]2(C=C(c3ccccc3)NO2)CN1C(=O)OCC1c2ccccc2-c2ccccc21)C(=O)C(=O)NC1CC1. The highest BCUT2D eigenvalue weighted by Crippen LogP contribution is 2.45. The molecule has 1 saturated carbocycles. The van der Waals surface area contributed by atoms with Crippen LogP contribution in [0.2, 0.25) is 0 Å². The lowest BCUT2D eigenvalue weighted by molar-refractivity contribution is -0.140. The number of hydrogen-bond donors (Lipinski definition) is 3. The van der Waals surface area contributed by atoms with Gasteiger partial charge in [-0.15, -0.1) is 0 Å². The van der Waals surface area contributed by atoms with Crippen LogP contribution in [0.4, 0.5) is 4.79 Å². The van der Waals surface area contributed by atoms with Gasteiger partial charge in [0.15, 0.2) is 0 Å². The van der Waals surface area contributed by atoms with Crippen molar-refractivity contribution in [2.45, 2.75) is 68.7 Å². The van der Waals surface area contributed by atoms with Gasteiger partial charge in [0, 0.05) is 18.4 Å². The van der Waals surface area contributed by atoms with E-state index in [0.29, 0.717) is 12.8 Å². The van der Waals surface area contributed by atoms with E-state index in [4.69, 9.17) is 9.57 Å². The van der Waals surface area contributed by atoms with E-state index in [9.17, 15) is 19.2 Å². The maximum absolute atomic E-state index is 13.9. The van der Waals surface area contributed by atoms with Crippen LogP contribution in [0.3, 0.4) is 0 Å². The third kappa shape index (κ3) is 6.13. The second-order valence-electron chi connectivity index (χ2n) is 12.8. The van der Waals surface area contributed by atoms with Crippen LogP contribution in [-0.4, -0.2) is 65.5 Å². The largest absolute Gasteiger partial charge is 0.448 e. The molecule has 0 radical (unpaired) electrons. The van der Waals surface area contributed by atoms with Gasteiger partial charge in [-0.25, -0.2) is 4.79 Å². The molecule has 3 N–H and O–H groups in total. The molecule has 10 heteroatoms. The number of nitrogens with zero attached hydrogens (tertiary/aromatic N) is 1. The summed E-state index contributed by atoms with van der Waals surface area (Å²) in [6.07, 6.45) is 3.94. The van der Waals surface area contributed by atoms with Crippen molar-refractivity contribution in [1.82, 2.24) is 21.0 Å². The third-order valence-corrected chi connectivity index (χ3v) is 9.43. The molecule has 2 heterocycles. The molecule has 2 fully saturated rings. The topological polar surface area (TPSA) is 126 Å². The first-order chi connectivity index (χ1) is 22.9. The zero-order valence-electron chi connectivity index (χ0n) is 26.2. The maximum Gasteiger partial charge on any atom is 0.410 e. The molecule has 2 aliphatic carbocycles. The van der Waals surface area contributed by atoms with Gasteiger partial charge >= 0.3 is 6.09 Å². The minimum Gasteiger partial charge on any atom is -0.448 e. The summed E-state index contributed by atoms with van der Waals surface area (Å²) in [6, 6.07) is 23.8. The minimum atomic E-state index is -1.01. The van der Waals surface area contributed by atoms with Crippen LogP contribution in [0, 0.1) is 0 Å². The highest BCUT2D eigenvalue weighted by Gasteiger charge is 2.52. The summed E-state index contributed by atoms with van der Waals surface area (Å²) in [7, 11) is 0. The molecular formula is C37H38N4O6. The van der Waals surface area contributed by atoms with Gasteiger partial charge < -0.3 is 15.4 Å². The standard InChI is InChI=1S/C37H38N4O6/c1-2-10-30(33(42)35(44)38-24-17-18-24)39-34(43)32-20-37(19-31(40-47-37)23-11-4-3-5-12-23)22-41(32)36(45)46-21-29-27-15-8-6-13-25(27)26-14-7-9-16-28(26)29/h3-9,11-16,19,24,29-30,32,40H,2,10,17-18,20-22H2,1H3,(H,38,44)(H,39,43)/t30-,32-,37+/m0/s1. The predicted molar refractivity (Wildman–Crippen MR) is 175 cm³/mol. The van der Waals surface area contributed by atoms with Crippen molar-refractivity contribution in [1.29, 1.82) is 0 Å². The number of hydroxylamine groups is 1. The number of carbonyl (C=O) groups is 4. The Kier molecular flexibility index (Phi) is 8.28. The molecule has 0 aromatic heterocycles. The number of nitrogens with one attached hydrogen (secondary N) is 3. The van der Waals surface area contributed by atoms with Gasteiger partial charge in [-0.1, -0.05) is 92.2 Å². The lowest BCUT2D eigenvalue weighted by Crippen LogP contribution is -2.53. The Balaban J connectivity index is 1.12. The van der Waals surface area contributed by atoms with Gasteiger partial charge in [0.1, 0.15) is 18.2 Å². The molecule has 7 rings (SSSR count). The third-order valence-electron chi connectivity index (χ3n) is 9.43. The molecule has 47 heavy (non-hydrogen) atoms. The smallest absolute Gasteiger partial charge is 0.410 e. The molecule has 242 valence electrons. The van der Waals surface area contributed by atoms with Gasteiger partial charge in [-0.2, -0.15) is 0 Å². The summed E-state index contributed by atoms with van der Waals surface area (Å²) in [5.41, 5.74) is 8.00. The normalized spacial score (nSPS) is 21.8. The number of likely N-dealkylation sites (tertiary alicyclic amines) is 1. The molecule has 2 aliphatic heterocycles. The van der Waals surface area contributed by atoms with E-state index in [0.717, 1.165) is 46.4 Å². The fraction of sp³-hybridized carbons (Fsp3) is 0.351. The Morgan fingerprint density at radius 1 is 0.957 bits per heavy atom. The van der Waals surface area contributed by atoms with E-state index in [2.05, 4.69) is 28.2 Å². The number of fused-ring (bicyclic) bond motifs is 3. The number of carbonyl (C=O) groups excluding carboxylic acids is 4. The second kappa shape index (κ2) is 12.7. The molecule has 4 aliphatic rings. The molecule has 3 atom stereocenters. The molecule has 3 aromatic rings. The Bertz CT molecular complexity index is 1690. The zero-order valence-corrected chi connectivity index (χ0v) is 26.2. The first-order valence-electron chi connectivity index (χ1n) is 16.3. The fourth-order valence-corrected chi connectivity index (χ4v) is 6.89. The van der Waals surface area contributed by atoms with Crippen LogP contribution in [0.25, 0.3) is 16.8 Å². The van der Waals surface area contributed by atoms with Crippen molar-refractivity contribution < 1.29 is 28.8 Å². The molecule has 3 amide bonds. The summed E-state index contributed by atoms with van der Waals surface area (Å²) >= 11 is 0. The van der Waals surface area contributed by atoms with E-state index < -0.39 is 41.4 Å². The minimum absolute atomic E-state index is 0.0146. The van der Waals surface area contributed by atoms with Crippen LogP contribution in [0.15, 0.2) is 84.9 Å². The quantitative estimate of drug-likeness (QED) is 0.281. The molecule has 1 saturated heterocycles. The zero-order chi connectivity index (χ0) is 32.5. The number of benzene rings is 3. The Morgan fingerprint density at radius 3 is 2.28 bits per heavy atom. The van der Waals surface area contributed by atoms with E-state index in [1.165, 1.54) is 4.90 Å². The molecule has 0 unspecified atom stereocenters. The maximum atomic E-state index is 13.9. The second-order valence-corrected chi connectivity index (χ2v) is 12.8. The number of amides is 3. The fourth-order valence-electron chi connectivity index (χ4n) is 6.89. The Morgan fingerprint density at radius 2 is 1.62 bits per heavy atom. The van der Waals surface area contributed by atoms with Crippen LogP contribution in [-0.2, 0) is 24.0 Å². The highest BCUT2D eigenvalue weighted by molar-refractivity contribution is 6.38. The van der Waals surface area contributed by atoms with Gasteiger partial charge in [-0.05, 0) is 53.2 Å². The Hall–Kier alpha value is -4.96. The van der Waals surface area contributed by atoms with E-state index in [1.807, 2.05) is 79.7 Å². The van der Waals surface area contributed by atoms with Gasteiger partial charge in [-0.3, -0.25) is 29.6 Å². The summed E-state index contributed by atoms with van der Waals surface area (Å²) in [5, 5.41) is 5.52. The average molecular weight is 635 g/mol. The van der Waals surface area contributed by atoms with E-state index in [-0.39, 0.29) is 31.5 Å². The lowest BCUT2D eigenvalue weighted by Gasteiger charge is -2.26. The first kappa shape index (κ1) is 30.7. The predicted octanol–water partition coefficient (Wildman–Crippen LogP) is 4.46. The van der Waals surface area contributed by atoms with Gasteiger partial charge in [0.2, 0.25) is 11.7 Å². The lowest BCUT2D eigenvalue weighted by atomic mass is 9.97. The van der Waals surface area contributed by atoms with E-state index in [1.54, 1.807) is 0 Å². The molecule has 1 spiro atoms. The van der Waals surface area contributed by atoms with Gasteiger partial charge in [0.05, 0.1) is 18.3 Å². The van der Waals surface area contributed by atoms with E-state index >= 15 is 0 Å². The van der Waals surface area contributed by atoms with Crippen molar-refractivity contribution >= 4 is 29.4 Å². The summed E-state index contributed by atoms with van der Waals surface area (Å²) in [5.74, 6) is -2.06. The molecule has 0 bridgehead atoms. The Labute approximate surface area is 273 Å². The molecule has 3 aromatic carbocycles. The first-order valence-corrected chi connectivity index (χ1v) is 16.3. The highest BCUT2D eigenvalue weighted by atomic mass is 16.7. The van der Waals surface area contributed by atoms with Crippen molar-refractivity contribution in [2.75, 3.05) is 13.2 Å². The molecular weight excluding hydrogens is 596 g/mol. The van der Waals surface area contributed by atoms with Crippen molar-refractivity contribution in [3.63, 3.8) is 0 Å². The number of rotatable bonds is 10. The van der Waals surface area contributed by atoms with Crippen molar-refractivity contribution in [3.8, 4) is 11.1 Å². The average Bonchev–Trinajstić information content (AvgIpc) is 3.55. The van der Waals surface area contributed by atoms with Crippen LogP contribution < -0.4 is 16.1 Å². The van der Waals surface area contributed by atoms with Crippen molar-refractivity contribution in [3.05, 3.63) is 102 Å².